The third-order valence-electron chi connectivity index (χ3n) is 10.4. The van der Waals surface area contributed by atoms with E-state index in [2.05, 4.69) is 50.3 Å². The fourth-order valence-electron chi connectivity index (χ4n) is 6.63. The number of rotatable bonds is 32. The smallest absolute Gasteiger partial charge is 0.306 e. The topological polar surface area (TPSA) is 231 Å². The number of esters is 2. The molecule has 2 aliphatic heterocycles. The van der Waals surface area contributed by atoms with E-state index in [0.29, 0.717) is 12.8 Å². The van der Waals surface area contributed by atoms with E-state index < -0.39 is 99.3 Å². The second-order valence-electron chi connectivity index (χ2n) is 15.5. The van der Waals surface area contributed by atoms with E-state index in [1.165, 1.54) is 38.5 Å². The lowest BCUT2D eigenvalue weighted by atomic mass is 9.98. The standard InChI is InChI=1S/C44H76O15/c1-3-5-7-9-11-13-14-15-16-17-18-19-21-22-24-26-35(46)54-29-32(57-36(47)27-25-23-20-12-10-8-6-4-2)30-55-43-42(53)40(51)38(49)34(59-43)31-56-44-41(52)39(50)37(48)33(28-45)58-44/h11,13,15-16,18-19,32-34,37-45,48-53H,3-10,12,14,17,20-31H2,1-2H3/b13-11+,16-15+,19-18+/t32-,33-,34-,37+,38+,39?,40?,41?,42?,43-,44-/m1/s1. The minimum absolute atomic E-state index is 0.156. The molecule has 0 spiro atoms. The number of carbonyl (C=O) groups is 2. The average Bonchev–Trinajstić information content (AvgIpc) is 3.23. The molecule has 7 N–H and O–H groups in total. The second-order valence-corrected chi connectivity index (χ2v) is 15.5. The van der Waals surface area contributed by atoms with Crippen LogP contribution in [0.3, 0.4) is 0 Å². The van der Waals surface area contributed by atoms with Gasteiger partial charge in [0.25, 0.3) is 0 Å². The van der Waals surface area contributed by atoms with Crippen LogP contribution in [0.5, 0.6) is 0 Å². The van der Waals surface area contributed by atoms with Gasteiger partial charge in [-0.3, -0.25) is 9.59 Å². The Morgan fingerprint density at radius 2 is 1.02 bits per heavy atom. The summed E-state index contributed by atoms with van der Waals surface area (Å²) in [5, 5.41) is 71.7. The van der Waals surface area contributed by atoms with Crippen LogP contribution in [0.15, 0.2) is 36.5 Å². The van der Waals surface area contributed by atoms with Crippen LogP contribution < -0.4 is 0 Å². The van der Waals surface area contributed by atoms with Crippen molar-refractivity contribution in [3.63, 3.8) is 0 Å². The highest BCUT2D eigenvalue weighted by Gasteiger charge is 2.47. The Balaban J connectivity index is 1.87. The number of carbonyl (C=O) groups excluding carboxylic acids is 2. The predicted molar refractivity (Wildman–Crippen MR) is 220 cm³/mol. The quantitative estimate of drug-likeness (QED) is 0.0286. The molecule has 2 fully saturated rings. The van der Waals surface area contributed by atoms with E-state index in [1.807, 2.05) is 0 Å². The number of allylic oxidation sites excluding steroid dienone is 6. The van der Waals surface area contributed by atoms with Crippen LogP contribution in [0.25, 0.3) is 0 Å². The van der Waals surface area contributed by atoms with Crippen LogP contribution in [0.2, 0.25) is 0 Å². The number of ether oxygens (including phenoxy) is 6. The fraction of sp³-hybridized carbons (Fsp3) is 0.818. The first kappa shape index (κ1) is 52.9. The van der Waals surface area contributed by atoms with Crippen molar-refractivity contribution in [1.29, 1.82) is 0 Å². The first-order chi connectivity index (χ1) is 28.5. The van der Waals surface area contributed by atoms with E-state index in [1.54, 1.807) is 0 Å². The van der Waals surface area contributed by atoms with E-state index in [4.69, 9.17) is 28.4 Å². The fourth-order valence-corrected chi connectivity index (χ4v) is 6.63. The van der Waals surface area contributed by atoms with Crippen LogP contribution in [0, 0.1) is 0 Å². The zero-order chi connectivity index (χ0) is 43.3. The lowest BCUT2D eigenvalue weighted by Crippen LogP contribution is -2.61. The molecule has 0 aromatic carbocycles. The third kappa shape index (κ3) is 21.9. The van der Waals surface area contributed by atoms with Gasteiger partial charge in [0, 0.05) is 12.8 Å². The van der Waals surface area contributed by atoms with E-state index >= 15 is 0 Å². The zero-order valence-corrected chi connectivity index (χ0v) is 35.5. The highest BCUT2D eigenvalue weighted by Crippen LogP contribution is 2.26. The molecular formula is C44H76O15. The predicted octanol–water partition coefficient (Wildman–Crippen LogP) is 4.20. The van der Waals surface area contributed by atoms with Crippen molar-refractivity contribution in [3.05, 3.63) is 36.5 Å². The van der Waals surface area contributed by atoms with Gasteiger partial charge in [-0.1, -0.05) is 108 Å². The van der Waals surface area contributed by atoms with Crippen molar-refractivity contribution in [1.82, 2.24) is 0 Å². The van der Waals surface area contributed by atoms with E-state index in [0.717, 1.165) is 57.8 Å². The molecule has 0 radical (unpaired) electrons. The zero-order valence-electron chi connectivity index (χ0n) is 35.5. The van der Waals surface area contributed by atoms with Crippen molar-refractivity contribution in [2.24, 2.45) is 0 Å². The molecule has 0 saturated carbocycles. The van der Waals surface area contributed by atoms with Gasteiger partial charge in [-0.2, -0.15) is 0 Å². The molecular weight excluding hydrogens is 768 g/mol. The van der Waals surface area contributed by atoms with Crippen LogP contribution in [-0.4, -0.2) is 142 Å². The van der Waals surface area contributed by atoms with Gasteiger partial charge < -0.3 is 64.2 Å². The van der Waals surface area contributed by atoms with Gasteiger partial charge in [0.1, 0.15) is 55.4 Å². The number of aliphatic hydroxyl groups is 7. The van der Waals surface area contributed by atoms with Crippen LogP contribution in [0.4, 0.5) is 0 Å². The van der Waals surface area contributed by atoms with Gasteiger partial charge in [0.2, 0.25) is 0 Å². The molecule has 0 aromatic heterocycles. The molecule has 59 heavy (non-hydrogen) atoms. The van der Waals surface area contributed by atoms with Crippen LogP contribution in [-0.2, 0) is 38.0 Å². The molecule has 2 heterocycles. The first-order valence-electron chi connectivity index (χ1n) is 22.1. The molecule has 11 atom stereocenters. The van der Waals surface area contributed by atoms with Gasteiger partial charge in [0.15, 0.2) is 18.7 Å². The molecule has 0 aromatic rings. The molecule has 2 rings (SSSR count). The average molecular weight is 845 g/mol. The largest absolute Gasteiger partial charge is 0.462 e. The maximum absolute atomic E-state index is 12.8. The first-order valence-corrected chi connectivity index (χ1v) is 22.1. The molecule has 2 aliphatic rings. The maximum atomic E-state index is 12.8. The lowest BCUT2D eigenvalue weighted by molar-refractivity contribution is -0.332. The third-order valence-corrected chi connectivity index (χ3v) is 10.4. The molecule has 342 valence electrons. The number of hydrogen-bond acceptors (Lipinski definition) is 15. The minimum atomic E-state index is -1.77. The summed E-state index contributed by atoms with van der Waals surface area (Å²) in [6.07, 6.45) is 13.6. The Morgan fingerprint density at radius 3 is 1.63 bits per heavy atom. The Morgan fingerprint density at radius 1 is 0.542 bits per heavy atom. The summed E-state index contributed by atoms with van der Waals surface area (Å²) in [5.41, 5.74) is 0. The molecule has 2 saturated heterocycles. The Kier molecular flexibility index (Phi) is 29.1. The summed E-state index contributed by atoms with van der Waals surface area (Å²) in [6, 6.07) is 0. The van der Waals surface area contributed by atoms with Crippen molar-refractivity contribution in [2.45, 2.75) is 203 Å². The van der Waals surface area contributed by atoms with Gasteiger partial charge in [-0.05, 0) is 51.4 Å². The van der Waals surface area contributed by atoms with Crippen molar-refractivity contribution in [2.75, 3.05) is 26.4 Å². The lowest BCUT2D eigenvalue weighted by Gasteiger charge is -2.42. The monoisotopic (exact) mass is 845 g/mol. The number of aliphatic hydroxyl groups excluding tert-OH is 7. The molecule has 0 amide bonds. The summed E-state index contributed by atoms with van der Waals surface area (Å²) >= 11 is 0. The van der Waals surface area contributed by atoms with Crippen LogP contribution in [0.1, 0.15) is 136 Å². The normalized spacial score (nSPS) is 28.2. The Labute approximate surface area is 351 Å². The summed E-state index contributed by atoms with van der Waals surface area (Å²) in [4.78, 5) is 25.5. The van der Waals surface area contributed by atoms with Gasteiger partial charge in [-0.15, -0.1) is 0 Å². The van der Waals surface area contributed by atoms with Crippen LogP contribution >= 0.6 is 0 Å². The second kappa shape index (κ2) is 32.4. The van der Waals surface area contributed by atoms with Crippen molar-refractivity contribution >= 4 is 11.9 Å². The highest BCUT2D eigenvalue weighted by molar-refractivity contribution is 5.70. The molecule has 4 unspecified atom stereocenters. The highest BCUT2D eigenvalue weighted by atomic mass is 16.7. The molecule has 0 bridgehead atoms. The summed E-state index contributed by atoms with van der Waals surface area (Å²) < 4.78 is 33.3. The molecule has 0 aliphatic carbocycles. The van der Waals surface area contributed by atoms with Gasteiger partial charge in [0.05, 0.1) is 19.8 Å². The van der Waals surface area contributed by atoms with Gasteiger partial charge in [-0.25, -0.2) is 0 Å². The molecule has 15 heteroatoms. The van der Waals surface area contributed by atoms with Crippen molar-refractivity contribution in [3.8, 4) is 0 Å². The maximum Gasteiger partial charge on any atom is 0.306 e. The summed E-state index contributed by atoms with van der Waals surface area (Å²) in [5.74, 6) is -0.978. The SMILES string of the molecule is CCCCC/C=C/C/C=C/C/C=C/CCCCC(=O)OC[C@H](CO[C@@H]1O[C@H](CO[C@@H]2O[C@H](CO)[C@H](O)C(O)C2O)[C@H](O)C(O)C1O)OC(=O)CCCCCCCCCC. The Bertz CT molecular complexity index is 1180. The minimum Gasteiger partial charge on any atom is -0.462 e. The Hall–Kier alpha value is -2.28. The molecule has 15 nitrogen and oxygen atoms in total. The number of unbranched alkanes of at least 4 members (excludes halogenated alkanes) is 12. The number of hydrogen-bond donors (Lipinski definition) is 7. The van der Waals surface area contributed by atoms with Crippen molar-refractivity contribution < 1.29 is 73.8 Å². The summed E-state index contributed by atoms with van der Waals surface area (Å²) in [7, 11) is 0. The van der Waals surface area contributed by atoms with E-state index in [9.17, 15) is 45.3 Å². The van der Waals surface area contributed by atoms with Gasteiger partial charge >= 0.3 is 11.9 Å². The van der Waals surface area contributed by atoms with E-state index in [-0.39, 0.29) is 19.4 Å². The summed E-state index contributed by atoms with van der Waals surface area (Å²) in [6.45, 7) is 2.45.